The van der Waals surface area contributed by atoms with Crippen molar-refractivity contribution in [3.05, 3.63) is 23.2 Å². The maximum absolute atomic E-state index is 12.4. The minimum absolute atomic E-state index is 0.00398. The minimum Gasteiger partial charge on any atom is -0.466 e. The summed E-state index contributed by atoms with van der Waals surface area (Å²) < 4.78 is 5.57. The summed E-state index contributed by atoms with van der Waals surface area (Å²) in [5, 5.41) is 3.32. The number of likely N-dealkylation sites (tertiary alicyclic amines) is 1. The first kappa shape index (κ1) is 14.1. The highest BCUT2D eigenvalue weighted by Gasteiger charge is 2.35. The molecule has 0 spiro atoms. The zero-order valence-electron chi connectivity index (χ0n) is 12.3. The second kappa shape index (κ2) is 5.78. The highest BCUT2D eigenvalue weighted by molar-refractivity contribution is 5.84. The normalized spacial score (nSPS) is 21.2. The van der Waals surface area contributed by atoms with E-state index in [1.54, 1.807) is 0 Å². The highest BCUT2D eigenvalue weighted by atomic mass is 16.3. The molecule has 4 heteroatoms. The summed E-state index contributed by atoms with van der Waals surface area (Å²) in [4.78, 5) is 14.3. The van der Waals surface area contributed by atoms with Crippen molar-refractivity contribution in [2.45, 2.75) is 52.6 Å². The van der Waals surface area contributed by atoms with Crippen LogP contribution in [-0.2, 0) is 4.79 Å². The van der Waals surface area contributed by atoms with Crippen LogP contribution < -0.4 is 5.32 Å². The van der Waals surface area contributed by atoms with E-state index in [2.05, 4.69) is 19.2 Å². The summed E-state index contributed by atoms with van der Waals surface area (Å²) >= 11 is 0. The molecule has 1 fully saturated rings. The van der Waals surface area contributed by atoms with E-state index < -0.39 is 0 Å². The molecule has 4 nitrogen and oxygen atoms in total. The Morgan fingerprint density at radius 1 is 1.53 bits per heavy atom. The third kappa shape index (κ3) is 2.84. The van der Waals surface area contributed by atoms with Gasteiger partial charge in [0.05, 0.1) is 12.1 Å². The Hall–Kier alpha value is -1.29. The molecule has 1 aromatic rings. The van der Waals surface area contributed by atoms with Crippen molar-refractivity contribution >= 4 is 5.91 Å². The van der Waals surface area contributed by atoms with Gasteiger partial charge < -0.3 is 14.6 Å². The molecule has 2 heterocycles. The first-order valence-corrected chi connectivity index (χ1v) is 7.15. The van der Waals surface area contributed by atoms with Gasteiger partial charge >= 0.3 is 0 Å². The summed E-state index contributed by atoms with van der Waals surface area (Å²) in [6.45, 7) is 9.84. The molecule has 1 aliphatic rings. The van der Waals surface area contributed by atoms with E-state index in [1.165, 1.54) is 0 Å². The number of carbonyl (C=O) groups excluding carboxylic acids is 1. The molecule has 19 heavy (non-hydrogen) atoms. The van der Waals surface area contributed by atoms with Crippen molar-refractivity contribution in [1.82, 2.24) is 10.2 Å². The number of hydrogen-bond acceptors (Lipinski definition) is 3. The van der Waals surface area contributed by atoms with Crippen LogP contribution in [0, 0.1) is 13.8 Å². The number of rotatable bonds is 5. The topological polar surface area (TPSA) is 45.5 Å². The Kier molecular flexibility index (Phi) is 4.30. The predicted molar refractivity (Wildman–Crippen MR) is 75.0 cm³/mol. The third-order valence-corrected chi connectivity index (χ3v) is 3.88. The van der Waals surface area contributed by atoms with Crippen LogP contribution >= 0.6 is 0 Å². The van der Waals surface area contributed by atoms with Gasteiger partial charge in [-0.25, -0.2) is 0 Å². The second-order valence-corrected chi connectivity index (χ2v) is 5.37. The van der Waals surface area contributed by atoms with Gasteiger partial charge in [0, 0.05) is 12.1 Å². The summed E-state index contributed by atoms with van der Waals surface area (Å²) in [6, 6.07) is 2.13. The molecule has 1 aliphatic heterocycles. The molecule has 1 aromatic heterocycles. The smallest absolute Gasteiger partial charge is 0.240 e. The van der Waals surface area contributed by atoms with E-state index in [0.717, 1.165) is 43.0 Å². The maximum Gasteiger partial charge on any atom is 0.240 e. The number of amides is 1. The Balaban J connectivity index is 2.06. The van der Waals surface area contributed by atoms with Gasteiger partial charge in [0.1, 0.15) is 11.5 Å². The number of carbonyl (C=O) groups is 1. The van der Waals surface area contributed by atoms with E-state index in [1.807, 2.05) is 24.8 Å². The summed E-state index contributed by atoms with van der Waals surface area (Å²) in [5.41, 5.74) is 1.13. The lowest BCUT2D eigenvalue weighted by Crippen LogP contribution is -2.39. The van der Waals surface area contributed by atoms with Crippen LogP contribution in [0.2, 0.25) is 0 Å². The van der Waals surface area contributed by atoms with Gasteiger partial charge in [0.15, 0.2) is 0 Å². The van der Waals surface area contributed by atoms with Crippen LogP contribution in [0.4, 0.5) is 0 Å². The van der Waals surface area contributed by atoms with Crippen LogP contribution in [0.3, 0.4) is 0 Å². The molecule has 2 rings (SSSR count). The molecule has 0 radical (unpaired) electrons. The summed E-state index contributed by atoms with van der Waals surface area (Å²) in [6.07, 6.45) is 1.96. The van der Waals surface area contributed by atoms with E-state index in [0.29, 0.717) is 0 Å². The van der Waals surface area contributed by atoms with Crippen LogP contribution in [0.1, 0.15) is 49.8 Å². The van der Waals surface area contributed by atoms with Crippen molar-refractivity contribution in [3.63, 3.8) is 0 Å². The average molecular weight is 264 g/mol. The van der Waals surface area contributed by atoms with Gasteiger partial charge in [0.25, 0.3) is 0 Å². The van der Waals surface area contributed by atoms with Gasteiger partial charge in [-0.3, -0.25) is 4.79 Å². The van der Waals surface area contributed by atoms with Gasteiger partial charge in [0.2, 0.25) is 5.91 Å². The highest BCUT2D eigenvalue weighted by Crippen LogP contribution is 2.29. The van der Waals surface area contributed by atoms with E-state index in [9.17, 15) is 4.79 Å². The van der Waals surface area contributed by atoms with Crippen LogP contribution in [0.5, 0.6) is 0 Å². The molecule has 106 valence electrons. The van der Waals surface area contributed by atoms with E-state index >= 15 is 0 Å². The van der Waals surface area contributed by atoms with Crippen molar-refractivity contribution in [1.29, 1.82) is 0 Å². The van der Waals surface area contributed by atoms with Crippen molar-refractivity contribution < 1.29 is 9.21 Å². The molecule has 1 N–H and O–H groups in total. The Morgan fingerprint density at radius 3 is 2.84 bits per heavy atom. The van der Waals surface area contributed by atoms with Crippen LogP contribution in [0.15, 0.2) is 10.5 Å². The monoisotopic (exact) mass is 264 g/mol. The minimum atomic E-state index is -0.00398. The maximum atomic E-state index is 12.4. The van der Waals surface area contributed by atoms with Crippen LogP contribution in [-0.4, -0.2) is 29.9 Å². The molecule has 2 unspecified atom stereocenters. The molecule has 0 aromatic carbocycles. The molecule has 2 atom stereocenters. The lowest BCUT2D eigenvalue weighted by molar-refractivity contribution is -0.131. The predicted octanol–water partition coefficient (Wildman–Crippen LogP) is 2.56. The summed E-state index contributed by atoms with van der Waals surface area (Å²) in [7, 11) is 0. The molecule has 1 amide bonds. The fourth-order valence-corrected chi connectivity index (χ4v) is 2.83. The number of furan rings is 1. The zero-order chi connectivity index (χ0) is 14.0. The number of nitrogens with zero attached hydrogens (tertiary/aromatic N) is 1. The fourth-order valence-electron chi connectivity index (χ4n) is 2.83. The number of aryl methyl sites for hydroxylation is 2. The van der Waals surface area contributed by atoms with E-state index in [4.69, 9.17) is 4.42 Å². The lowest BCUT2D eigenvalue weighted by Gasteiger charge is -2.24. The van der Waals surface area contributed by atoms with Crippen molar-refractivity contribution in [3.8, 4) is 0 Å². The van der Waals surface area contributed by atoms with Crippen LogP contribution in [0.25, 0.3) is 0 Å². The van der Waals surface area contributed by atoms with Crippen molar-refractivity contribution in [2.75, 3.05) is 13.1 Å². The molecule has 1 saturated heterocycles. The first-order valence-electron chi connectivity index (χ1n) is 7.15. The Labute approximate surface area is 115 Å². The van der Waals surface area contributed by atoms with Gasteiger partial charge in [-0.05, 0) is 46.2 Å². The van der Waals surface area contributed by atoms with Gasteiger partial charge in [-0.2, -0.15) is 0 Å². The van der Waals surface area contributed by atoms with Gasteiger partial charge in [-0.1, -0.05) is 6.92 Å². The summed E-state index contributed by atoms with van der Waals surface area (Å²) in [5.74, 6) is 2.05. The molecule has 0 saturated carbocycles. The number of nitrogens with one attached hydrogen (secondary N) is 1. The molecule has 0 bridgehead atoms. The van der Waals surface area contributed by atoms with Crippen molar-refractivity contribution in [2.24, 2.45) is 0 Å². The first-order chi connectivity index (χ1) is 9.04. The second-order valence-electron chi connectivity index (χ2n) is 5.37. The quantitative estimate of drug-likeness (QED) is 0.889. The van der Waals surface area contributed by atoms with E-state index in [-0.39, 0.29) is 18.0 Å². The lowest BCUT2D eigenvalue weighted by atomic mass is 10.1. The zero-order valence-corrected chi connectivity index (χ0v) is 12.3. The standard InChI is InChI=1S/C15H24N2O2/c1-5-7-16-14-6-8-17(15(14)18)11(3)13-9-10(2)19-12(13)4/h9,11,14,16H,5-8H2,1-4H3. The SMILES string of the molecule is CCCNC1CCN(C(C)c2cc(C)oc2C)C1=O. The third-order valence-electron chi connectivity index (χ3n) is 3.88. The molecular weight excluding hydrogens is 240 g/mol. The largest absolute Gasteiger partial charge is 0.466 e. The molecule has 0 aliphatic carbocycles. The fraction of sp³-hybridized carbons (Fsp3) is 0.667. The number of hydrogen-bond donors (Lipinski definition) is 1. The van der Waals surface area contributed by atoms with Gasteiger partial charge in [-0.15, -0.1) is 0 Å². The Bertz CT molecular complexity index is 453. The average Bonchev–Trinajstić information content (AvgIpc) is 2.89. The molecular formula is C15H24N2O2. The Morgan fingerprint density at radius 2 is 2.26 bits per heavy atom.